The van der Waals surface area contributed by atoms with Crippen LogP contribution in [-0.2, 0) is 17.1 Å². The van der Waals surface area contributed by atoms with Gasteiger partial charge in [-0.25, -0.2) is 0 Å². The van der Waals surface area contributed by atoms with Gasteiger partial charge in [-0.2, -0.15) is 26.3 Å². The zero-order valence-electron chi connectivity index (χ0n) is 14.5. The Balaban J connectivity index is 3.08. The molecular formula is C17H20F6N2O2. The van der Waals surface area contributed by atoms with Gasteiger partial charge in [0.2, 0.25) is 5.91 Å². The van der Waals surface area contributed by atoms with Crippen LogP contribution in [0.25, 0.3) is 0 Å². The maximum Gasteiger partial charge on any atom is 0.416 e. The number of amides is 2. The standard InChI is InChI=1S/C17H20F6N2O2/c1-2-3-4-5-6-13(14(24)26)25-15(27)10-7-11(16(18,19)20)9-12(8-10)17(21,22)23/h7-9,13H,2-6H2,1H3,(H2,24,26)(H,25,27)/t13-/m0/s1. The molecule has 1 aromatic rings. The highest BCUT2D eigenvalue weighted by Crippen LogP contribution is 2.36. The van der Waals surface area contributed by atoms with Crippen molar-refractivity contribution in [3.05, 3.63) is 34.9 Å². The third kappa shape index (κ3) is 7.10. The minimum absolute atomic E-state index is 0.0763. The van der Waals surface area contributed by atoms with Gasteiger partial charge >= 0.3 is 12.4 Å². The van der Waals surface area contributed by atoms with Gasteiger partial charge in [0.05, 0.1) is 11.1 Å². The van der Waals surface area contributed by atoms with Crippen molar-refractivity contribution in [1.82, 2.24) is 5.32 Å². The average Bonchev–Trinajstić information content (AvgIpc) is 2.55. The Bertz CT molecular complexity index is 638. The van der Waals surface area contributed by atoms with Gasteiger partial charge in [0.1, 0.15) is 6.04 Å². The van der Waals surface area contributed by atoms with Gasteiger partial charge in [-0.1, -0.05) is 32.6 Å². The number of rotatable bonds is 8. The number of primary amides is 1. The van der Waals surface area contributed by atoms with E-state index in [0.717, 1.165) is 19.3 Å². The molecule has 1 aromatic carbocycles. The van der Waals surface area contributed by atoms with Gasteiger partial charge in [-0.15, -0.1) is 0 Å². The van der Waals surface area contributed by atoms with Crippen molar-refractivity contribution in [2.24, 2.45) is 5.73 Å². The highest BCUT2D eigenvalue weighted by molar-refractivity contribution is 5.97. The number of hydrogen-bond acceptors (Lipinski definition) is 2. The number of unbranched alkanes of at least 4 members (excludes halogenated alkanes) is 3. The molecule has 0 unspecified atom stereocenters. The van der Waals surface area contributed by atoms with Gasteiger partial charge in [0, 0.05) is 5.56 Å². The molecule has 0 fully saturated rings. The Morgan fingerprint density at radius 1 is 0.963 bits per heavy atom. The number of carbonyl (C=O) groups is 2. The van der Waals surface area contributed by atoms with Gasteiger partial charge in [-0.05, 0) is 24.6 Å². The van der Waals surface area contributed by atoms with Gasteiger partial charge in [0.25, 0.3) is 5.91 Å². The molecule has 0 aromatic heterocycles. The predicted octanol–water partition coefficient (Wildman–Crippen LogP) is 4.28. The molecular weight excluding hydrogens is 378 g/mol. The number of hydrogen-bond donors (Lipinski definition) is 2. The Morgan fingerprint density at radius 3 is 1.89 bits per heavy atom. The SMILES string of the molecule is CCCCCC[C@H](NC(=O)c1cc(C(F)(F)F)cc(C(F)(F)F)c1)C(N)=O. The summed E-state index contributed by atoms with van der Waals surface area (Å²) in [5, 5.41) is 2.12. The van der Waals surface area contributed by atoms with Gasteiger partial charge in [0.15, 0.2) is 0 Å². The summed E-state index contributed by atoms with van der Waals surface area (Å²) in [5.74, 6) is -2.14. The van der Waals surface area contributed by atoms with Crippen molar-refractivity contribution in [2.75, 3.05) is 0 Å². The Kier molecular flexibility index (Phi) is 7.67. The first kappa shape index (κ1) is 22.8. The molecule has 1 rings (SSSR count). The molecule has 0 saturated heterocycles. The Labute approximate surface area is 152 Å². The van der Waals surface area contributed by atoms with E-state index in [-0.39, 0.29) is 12.5 Å². The smallest absolute Gasteiger partial charge is 0.368 e. The van der Waals surface area contributed by atoms with Crippen LogP contribution in [0.5, 0.6) is 0 Å². The van der Waals surface area contributed by atoms with Crippen molar-refractivity contribution in [3.63, 3.8) is 0 Å². The summed E-state index contributed by atoms with van der Waals surface area (Å²) >= 11 is 0. The van der Waals surface area contributed by atoms with Gasteiger partial charge < -0.3 is 11.1 Å². The van der Waals surface area contributed by atoms with Crippen molar-refractivity contribution in [1.29, 1.82) is 0 Å². The maximum absolute atomic E-state index is 12.9. The molecule has 27 heavy (non-hydrogen) atoms. The van der Waals surface area contributed by atoms with Crippen LogP contribution in [0.2, 0.25) is 0 Å². The molecule has 1 atom stereocenters. The summed E-state index contributed by atoms with van der Waals surface area (Å²) in [7, 11) is 0. The average molecular weight is 398 g/mol. The normalized spacial score (nSPS) is 13.3. The van der Waals surface area contributed by atoms with Crippen molar-refractivity contribution in [2.45, 2.75) is 57.4 Å². The number of nitrogens with two attached hydrogens (primary N) is 1. The number of alkyl halides is 6. The first-order valence-corrected chi connectivity index (χ1v) is 8.26. The molecule has 0 heterocycles. The monoisotopic (exact) mass is 398 g/mol. The fourth-order valence-corrected chi connectivity index (χ4v) is 2.39. The first-order chi connectivity index (χ1) is 12.4. The summed E-state index contributed by atoms with van der Waals surface area (Å²) in [6.45, 7) is 1.96. The zero-order chi connectivity index (χ0) is 20.8. The van der Waals surface area contributed by atoms with E-state index in [0.29, 0.717) is 18.6 Å². The molecule has 3 N–H and O–H groups in total. The first-order valence-electron chi connectivity index (χ1n) is 8.26. The molecule has 0 radical (unpaired) electrons. The summed E-state index contributed by atoms with van der Waals surface area (Å²) < 4.78 is 77.1. The van der Waals surface area contributed by atoms with Crippen LogP contribution in [0, 0.1) is 0 Å². The van der Waals surface area contributed by atoms with Crippen LogP contribution in [-0.4, -0.2) is 17.9 Å². The molecule has 0 spiro atoms. The molecule has 4 nitrogen and oxygen atoms in total. The molecule has 0 aliphatic carbocycles. The van der Waals surface area contributed by atoms with Gasteiger partial charge in [-0.3, -0.25) is 9.59 Å². The molecule has 10 heteroatoms. The molecule has 0 aliphatic heterocycles. The highest BCUT2D eigenvalue weighted by Gasteiger charge is 2.37. The van der Waals surface area contributed by atoms with E-state index in [2.05, 4.69) is 5.32 Å². The second-order valence-electron chi connectivity index (χ2n) is 6.07. The van der Waals surface area contributed by atoms with Crippen LogP contribution in [0.3, 0.4) is 0 Å². The lowest BCUT2D eigenvalue weighted by Crippen LogP contribution is -2.44. The molecule has 0 aliphatic rings. The summed E-state index contributed by atoms with van der Waals surface area (Å²) in [5.41, 5.74) is 1.09. The summed E-state index contributed by atoms with van der Waals surface area (Å²) in [6.07, 6.45) is -6.93. The molecule has 2 amide bonds. The third-order valence-electron chi connectivity index (χ3n) is 3.84. The second kappa shape index (κ2) is 9.09. The van der Waals surface area contributed by atoms with E-state index in [4.69, 9.17) is 5.73 Å². The van der Waals surface area contributed by atoms with Crippen LogP contribution >= 0.6 is 0 Å². The molecule has 0 saturated carbocycles. The lowest BCUT2D eigenvalue weighted by atomic mass is 10.0. The number of nitrogens with one attached hydrogen (secondary N) is 1. The minimum Gasteiger partial charge on any atom is -0.368 e. The summed E-state index contributed by atoms with van der Waals surface area (Å²) in [4.78, 5) is 23.6. The van der Waals surface area contributed by atoms with Crippen LogP contribution < -0.4 is 11.1 Å². The number of halogens is 6. The fourth-order valence-electron chi connectivity index (χ4n) is 2.39. The predicted molar refractivity (Wildman–Crippen MR) is 85.7 cm³/mol. The van der Waals surface area contributed by atoms with Crippen LogP contribution in [0.4, 0.5) is 26.3 Å². The van der Waals surface area contributed by atoms with Crippen molar-refractivity contribution < 1.29 is 35.9 Å². The fraction of sp³-hybridized carbons (Fsp3) is 0.529. The maximum atomic E-state index is 12.9. The highest BCUT2D eigenvalue weighted by atomic mass is 19.4. The van der Waals surface area contributed by atoms with E-state index in [1.807, 2.05) is 6.92 Å². The van der Waals surface area contributed by atoms with E-state index in [1.54, 1.807) is 0 Å². The van der Waals surface area contributed by atoms with E-state index in [1.165, 1.54) is 0 Å². The van der Waals surface area contributed by atoms with Crippen LogP contribution in [0.15, 0.2) is 18.2 Å². The van der Waals surface area contributed by atoms with E-state index < -0.39 is 46.9 Å². The quantitative estimate of drug-likeness (QED) is 0.507. The number of benzene rings is 1. The molecule has 152 valence electrons. The minimum atomic E-state index is -5.07. The van der Waals surface area contributed by atoms with Crippen LogP contribution in [0.1, 0.15) is 60.5 Å². The van der Waals surface area contributed by atoms with Crippen molar-refractivity contribution >= 4 is 11.8 Å². The second-order valence-corrected chi connectivity index (χ2v) is 6.07. The largest absolute Gasteiger partial charge is 0.416 e. The molecule has 0 bridgehead atoms. The topological polar surface area (TPSA) is 72.2 Å². The lowest BCUT2D eigenvalue weighted by molar-refractivity contribution is -0.143. The lowest BCUT2D eigenvalue weighted by Gasteiger charge is -2.17. The Hall–Kier alpha value is -2.26. The van der Waals surface area contributed by atoms with E-state index >= 15 is 0 Å². The summed E-state index contributed by atoms with van der Waals surface area (Å²) in [6, 6.07) is -0.648. The third-order valence-corrected chi connectivity index (χ3v) is 3.84. The number of carbonyl (C=O) groups excluding carboxylic acids is 2. The van der Waals surface area contributed by atoms with E-state index in [9.17, 15) is 35.9 Å². The van der Waals surface area contributed by atoms with Crippen molar-refractivity contribution in [3.8, 4) is 0 Å². The Morgan fingerprint density at radius 2 is 1.48 bits per heavy atom. The zero-order valence-corrected chi connectivity index (χ0v) is 14.5.